The standard InChI is InChI=1S/C20H27NO6/c1-20(2,3)27-19(24)21-11-9-14(10-12-21)18(23)26-13-16(22)15-7-5-6-8-17(15)25-4/h5-8,14H,9-13H2,1-4H3. The average Bonchev–Trinajstić information content (AvgIpc) is 2.64. The highest BCUT2D eigenvalue weighted by atomic mass is 16.6. The molecular formula is C20H27NO6. The molecule has 1 aliphatic heterocycles. The van der Waals surface area contributed by atoms with Gasteiger partial charge in [0, 0.05) is 13.1 Å². The Bertz CT molecular complexity index is 686. The molecule has 0 radical (unpaired) electrons. The predicted molar refractivity (Wildman–Crippen MR) is 98.8 cm³/mol. The molecular weight excluding hydrogens is 350 g/mol. The first kappa shape index (κ1) is 20.7. The summed E-state index contributed by atoms with van der Waals surface area (Å²) in [6.07, 6.45) is 0.600. The minimum Gasteiger partial charge on any atom is -0.496 e. The second-order valence-corrected chi connectivity index (χ2v) is 7.47. The maximum atomic E-state index is 12.3. The number of para-hydroxylation sites is 1. The summed E-state index contributed by atoms with van der Waals surface area (Å²) in [6, 6.07) is 6.81. The van der Waals surface area contributed by atoms with E-state index in [9.17, 15) is 14.4 Å². The van der Waals surface area contributed by atoms with Crippen molar-refractivity contribution in [1.82, 2.24) is 4.90 Å². The van der Waals surface area contributed by atoms with Gasteiger partial charge in [-0.1, -0.05) is 12.1 Å². The summed E-state index contributed by atoms with van der Waals surface area (Å²) in [5, 5.41) is 0. The number of Topliss-reactive ketones (excluding diaryl/α,β-unsaturated/α-hetero) is 1. The van der Waals surface area contributed by atoms with Crippen molar-refractivity contribution in [2.24, 2.45) is 5.92 Å². The molecule has 1 saturated heterocycles. The van der Waals surface area contributed by atoms with Crippen molar-refractivity contribution in [1.29, 1.82) is 0 Å². The fourth-order valence-corrected chi connectivity index (χ4v) is 2.83. The molecule has 27 heavy (non-hydrogen) atoms. The van der Waals surface area contributed by atoms with Gasteiger partial charge in [0.25, 0.3) is 0 Å². The van der Waals surface area contributed by atoms with Crippen LogP contribution in [0.25, 0.3) is 0 Å². The summed E-state index contributed by atoms with van der Waals surface area (Å²) in [7, 11) is 1.48. The number of piperidine rings is 1. The fourth-order valence-electron chi connectivity index (χ4n) is 2.83. The Labute approximate surface area is 159 Å². The Kier molecular flexibility index (Phi) is 6.82. The van der Waals surface area contributed by atoms with Crippen LogP contribution >= 0.6 is 0 Å². The third-order valence-corrected chi connectivity index (χ3v) is 4.23. The van der Waals surface area contributed by atoms with Crippen LogP contribution in [0.5, 0.6) is 5.75 Å². The minimum absolute atomic E-state index is 0.313. The van der Waals surface area contributed by atoms with Gasteiger partial charge in [-0.05, 0) is 45.7 Å². The van der Waals surface area contributed by atoms with Gasteiger partial charge in [0.15, 0.2) is 6.61 Å². The summed E-state index contributed by atoms with van der Waals surface area (Å²) < 4.78 is 15.7. The minimum atomic E-state index is -0.550. The Morgan fingerprint density at radius 2 is 1.74 bits per heavy atom. The Balaban J connectivity index is 1.81. The van der Waals surface area contributed by atoms with E-state index in [1.165, 1.54) is 7.11 Å². The third kappa shape index (κ3) is 5.98. The van der Waals surface area contributed by atoms with Crippen LogP contribution in [0.4, 0.5) is 4.79 Å². The van der Waals surface area contributed by atoms with Gasteiger partial charge >= 0.3 is 12.1 Å². The van der Waals surface area contributed by atoms with Crippen LogP contribution < -0.4 is 4.74 Å². The number of hydrogen-bond acceptors (Lipinski definition) is 6. The van der Waals surface area contributed by atoms with Gasteiger partial charge in [-0.3, -0.25) is 9.59 Å². The summed E-state index contributed by atoms with van der Waals surface area (Å²) in [5.74, 6) is -0.604. The Hall–Kier alpha value is -2.57. The van der Waals surface area contributed by atoms with E-state index in [1.807, 2.05) is 20.8 Å². The molecule has 2 rings (SSSR count). The number of nitrogens with zero attached hydrogens (tertiary/aromatic N) is 1. The van der Waals surface area contributed by atoms with Crippen molar-refractivity contribution in [3.05, 3.63) is 29.8 Å². The van der Waals surface area contributed by atoms with Crippen LogP contribution in [0.15, 0.2) is 24.3 Å². The van der Waals surface area contributed by atoms with E-state index in [0.29, 0.717) is 37.2 Å². The molecule has 1 aliphatic rings. The number of methoxy groups -OCH3 is 1. The number of hydrogen-bond donors (Lipinski definition) is 0. The van der Waals surface area contributed by atoms with E-state index >= 15 is 0 Å². The largest absolute Gasteiger partial charge is 0.496 e. The van der Waals surface area contributed by atoms with Crippen molar-refractivity contribution in [2.75, 3.05) is 26.8 Å². The van der Waals surface area contributed by atoms with Gasteiger partial charge in [-0.2, -0.15) is 0 Å². The maximum Gasteiger partial charge on any atom is 0.410 e. The van der Waals surface area contributed by atoms with E-state index < -0.39 is 11.6 Å². The number of amides is 1. The summed E-state index contributed by atoms with van der Waals surface area (Å²) in [4.78, 5) is 38.2. The molecule has 0 saturated carbocycles. The molecule has 1 heterocycles. The molecule has 148 valence electrons. The Morgan fingerprint density at radius 3 is 2.33 bits per heavy atom. The molecule has 0 spiro atoms. The van der Waals surface area contributed by atoms with Crippen molar-refractivity contribution < 1.29 is 28.6 Å². The SMILES string of the molecule is COc1ccccc1C(=O)COC(=O)C1CCN(C(=O)OC(C)(C)C)CC1. The van der Waals surface area contributed by atoms with Crippen molar-refractivity contribution in [2.45, 2.75) is 39.2 Å². The van der Waals surface area contributed by atoms with E-state index in [4.69, 9.17) is 14.2 Å². The first-order valence-corrected chi connectivity index (χ1v) is 9.02. The normalized spacial score (nSPS) is 15.2. The number of esters is 1. The molecule has 1 aromatic carbocycles. The fraction of sp³-hybridized carbons (Fsp3) is 0.550. The number of ether oxygens (including phenoxy) is 3. The van der Waals surface area contributed by atoms with Crippen LogP contribution in [0.2, 0.25) is 0 Å². The lowest BCUT2D eigenvalue weighted by Gasteiger charge is -2.32. The number of rotatable bonds is 5. The lowest BCUT2D eigenvalue weighted by Crippen LogP contribution is -2.43. The van der Waals surface area contributed by atoms with Crippen LogP contribution in [-0.4, -0.2) is 55.2 Å². The van der Waals surface area contributed by atoms with Gasteiger partial charge in [-0.15, -0.1) is 0 Å². The molecule has 0 bridgehead atoms. The highest BCUT2D eigenvalue weighted by Gasteiger charge is 2.31. The first-order chi connectivity index (χ1) is 12.7. The second-order valence-electron chi connectivity index (χ2n) is 7.47. The average molecular weight is 377 g/mol. The van der Waals surface area contributed by atoms with Crippen molar-refractivity contribution >= 4 is 17.8 Å². The topological polar surface area (TPSA) is 82.1 Å². The molecule has 7 heteroatoms. The highest BCUT2D eigenvalue weighted by molar-refractivity contribution is 6.00. The van der Waals surface area contributed by atoms with E-state index in [0.717, 1.165) is 0 Å². The molecule has 0 unspecified atom stereocenters. The second kappa shape index (κ2) is 8.88. The molecule has 0 N–H and O–H groups in total. The van der Waals surface area contributed by atoms with Gasteiger partial charge in [-0.25, -0.2) is 4.79 Å². The number of benzene rings is 1. The van der Waals surface area contributed by atoms with Crippen molar-refractivity contribution in [3.8, 4) is 5.75 Å². The quantitative estimate of drug-likeness (QED) is 0.579. The van der Waals surface area contributed by atoms with E-state index in [2.05, 4.69) is 0 Å². The summed E-state index contributed by atoms with van der Waals surface area (Å²) in [6.45, 7) is 5.96. The van der Waals surface area contributed by atoms with Gasteiger partial charge in [0.05, 0.1) is 18.6 Å². The maximum absolute atomic E-state index is 12.3. The molecule has 1 amide bonds. The van der Waals surface area contributed by atoms with Crippen LogP contribution in [-0.2, 0) is 14.3 Å². The Morgan fingerprint density at radius 1 is 1.11 bits per heavy atom. The molecule has 0 aromatic heterocycles. The monoisotopic (exact) mass is 377 g/mol. The van der Waals surface area contributed by atoms with Crippen molar-refractivity contribution in [3.63, 3.8) is 0 Å². The number of carbonyl (C=O) groups is 3. The lowest BCUT2D eigenvalue weighted by molar-refractivity contribution is -0.149. The zero-order valence-corrected chi connectivity index (χ0v) is 16.3. The molecule has 0 atom stereocenters. The molecule has 1 fully saturated rings. The predicted octanol–water partition coefficient (Wildman–Crippen LogP) is 3.07. The van der Waals surface area contributed by atoms with Crippen LogP contribution in [0.1, 0.15) is 44.0 Å². The first-order valence-electron chi connectivity index (χ1n) is 9.02. The smallest absolute Gasteiger partial charge is 0.410 e. The van der Waals surface area contributed by atoms with Gasteiger partial charge in [0.2, 0.25) is 5.78 Å². The van der Waals surface area contributed by atoms with Gasteiger partial charge < -0.3 is 19.1 Å². The zero-order chi connectivity index (χ0) is 20.0. The highest BCUT2D eigenvalue weighted by Crippen LogP contribution is 2.22. The molecule has 7 nitrogen and oxygen atoms in total. The third-order valence-electron chi connectivity index (χ3n) is 4.23. The van der Waals surface area contributed by atoms with Crippen LogP contribution in [0.3, 0.4) is 0 Å². The molecule has 0 aliphatic carbocycles. The summed E-state index contributed by atoms with van der Waals surface area (Å²) in [5.41, 5.74) is -0.168. The summed E-state index contributed by atoms with van der Waals surface area (Å²) >= 11 is 0. The van der Waals surface area contributed by atoms with E-state index in [-0.39, 0.29) is 24.4 Å². The van der Waals surface area contributed by atoms with Gasteiger partial charge in [0.1, 0.15) is 11.4 Å². The van der Waals surface area contributed by atoms with E-state index in [1.54, 1.807) is 29.2 Å². The number of ketones is 1. The molecule has 1 aromatic rings. The zero-order valence-electron chi connectivity index (χ0n) is 16.3. The number of carbonyl (C=O) groups excluding carboxylic acids is 3. The van der Waals surface area contributed by atoms with Crippen LogP contribution in [0, 0.1) is 5.92 Å². The lowest BCUT2D eigenvalue weighted by atomic mass is 9.97. The number of likely N-dealkylation sites (tertiary alicyclic amines) is 1.